The standard InChI is InChI=1S/C15H22F3NS/c1-4-10(2)9-20-13-6-5-12(7-11(3)19)14(8-13)15(16,17)18/h5-6,8,10-11H,4,7,9,19H2,1-3H3. The van der Waals surface area contributed by atoms with E-state index in [2.05, 4.69) is 13.8 Å². The van der Waals surface area contributed by atoms with E-state index in [0.717, 1.165) is 12.2 Å². The molecular formula is C15H22F3NS. The summed E-state index contributed by atoms with van der Waals surface area (Å²) in [5.41, 5.74) is 5.34. The minimum absolute atomic E-state index is 0.241. The van der Waals surface area contributed by atoms with Crippen molar-refractivity contribution >= 4 is 11.8 Å². The summed E-state index contributed by atoms with van der Waals surface area (Å²) in [6.45, 7) is 5.89. The smallest absolute Gasteiger partial charge is 0.328 e. The Kier molecular flexibility index (Phi) is 6.40. The third-order valence-corrected chi connectivity index (χ3v) is 4.48. The lowest BCUT2D eigenvalue weighted by molar-refractivity contribution is -0.138. The Labute approximate surface area is 123 Å². The molecule has 2 N–H and O–H groups in total. The molecule has 0 aliphatic heterocycles. The van der Waals surface area contributed by atoms with E-state index in [1.165, 1.54) is 17.8 Å². The second-order valence-electron chi connectivity index (χ2n) is 5.32. The molecule has 0 aromatic heterocycles. The van der Waals surface area contributed by atoms with Crippen molar-refractivity contribution < 1.29 is 13.2 Å². The highest BCUT2D eigenvalue weighted by Gasteiger charge is 2.33. The molecule has 0 saturated carbocycles. The first-order valence-corrected chi connectivity index (χ1v) is 7.81. The predicted molar refractivity (Wildman–Crippen MR) is 79.0 cm³/mol. The van der Waals surface area contributed by atoms with Crippen LogP contribution >= 0.6 is 11.8 Å². The van der Waals surface area contributed by atoms with Gasteiger partial charge in [0.05, 0.1) is 5.56 Å². The van der Waals surface area contributed by atoms with Crippen molar-refractivity contribution in [2.24, 2.45) is 11.7 Å². The topological polar surface area (TPSA) is 26.0 Å². The van der Waals surface area contributed by atoms with Gasteiger partial charge in [-0.15, -0.1) is 11.8 Å². The molecular weight excluding hydrogens is 283 g/mol. The van der Waals surface area contributed by atoms with Crippen LogP contribution in [0.25, 0.3) is 0 Å². The summed E-state index contributed by atoms with van der Waals surface area (Å²) in [5, 5.41) is 0. The summed E-state index contributed by atoms with van der Waals surface area (Å²) in [6, 6.07) is 4.30. The number of thioether (sulfide) groups is 1. The normalized spacial score (nSPS) is 15.2. The lowest BCUT2D eigenvalue weighted by Gasteiger charge is -2.16. The first kappa shape index (κ1) is 17.4. The Balaban J connectivity index is 2.96. The molecule has 1 aromatic carbocycles. The van der Waals surface area contributed by atoms with E-state index in [0.29, 0.717) is 10.8 Å². The van der Waals surface area contributed by atoms with Gasteiger partial charge in [0.15, 0.2) is 0 Å². The zero-order valence-electron chi connectivity index (χ0n) is 12.1. The maximum atomic E-state index is 13.1. The second-order valence-corrected chi connectivity index (χ2v) is 6.42. The quantitative estimate of drug-likeness (QED) is 0.769. The van der Waals surface area contributed by atoms with Gasteiger partial charge < -0.3 is 5.73 Å². The van der Waals surface area contributed by atoms with Crippen LogP contribution in [0.5, 0.6) is 0 Å². The summed E-state index contributed by atoms with van der Waals surface area (Å²) < 4.78 is 39.3. The van der Waals surface area contributed by atoms with Crippen LogP contribution < -0.4 is 5.73 Å². The number of nitrogens with two attached hydrogens (primary N) is 1. The maximum Gasteiger partial charge on any atom is 0.416 e. The van der Waals surface area contributed by atoms with Gasteiger partial charge in [0, 0.05) is 16.7 Å². The van der Waals surface area contributed by atoms with Gasteiger partial charge in [0.1, 0.15) is 0 Å². The third-order valence-electron chi connectivity index (χ3n) is 3.16. The fourth-order valence-corrected chi connectivity index (χ4v) is 2.87. The molecule has 1 rings (SSSR count). The summed E-state index contributed by atoms with van der Waals surface area (Å²) >= 11 is 1.48. The van der Waals surface area contributed by atoms with Gasteiger partial charge in [0.25, 0.3) is 0 Å². The van der Waals surface area contributed by atoms with Gasteiger partial charge in [-0.1, -0.05) is 26.3 Å². The van der Waals surface area contributed by atoms with E-state index < -0.39 is 11.7 Å². The Morgan fingerprint density at radius 2 is 1.90 bits per heavy atom. The Hall–Kier alpha value is -0.680. The fraction of sp³-hybridized carbons (Fsp3) is 0.600. The first-order chi connectivity index (χ1) is 9.24. The van der Waals surface area contributed by atoms with Crippen LogP contribution in [0, 0.1) is 5.92 Å². The van der Waals surface area contributed by atoms with Gasteiger partial charge >= 0.3 is 6.18 Å². The maximum absolute atomic E-state index is 13.1. The van der Waals surface area contributed by atoms with E-state index in [1.54, 1.807) is 19.1 Å². The minimum atomic E-state index is -4.32. The van der Waals surface area contributed by atoms with Crippen LogP contribution in [0.1, 0.15) is 38.3 Å². The van der Waals surface area contributed by atoms with Crippen molar-refractivity contribution in [3.8, 4) is 0 Å². The highest BCUT2D eigenvalue weighted by Crippen LogP contribution is 2.35. The van der Waals surface area contributed by atoms with Crippen LogP contribution in [0.2, 0.25) is 0 Å². The van der Waals surface area contributed by atoms with Crippen molar-refractivity contribution in [3.05, 3.63) is 29.3 Å². The highest BCUT2D eigenvalue weighted by molar-refractivity contribution is 7.99. The van der Waals surface area contributed by atoms with Crippen molar-refractivity contribution in [1.82, 2.24) is 0 Å². The molecule has 0 amide bonds. The monoisotopic (exact) mass is 305 g/mol. The molecule has 0 spiro atoms. The first-order valence-electron chi connectivity index (χ1n) is 6.82. The van der Waals surface area contributed by atoms with Crippen molar-refractivity contribution in [3.63, 3.8) is 0 Å². The van der Waals surface area contributed by atoms with Gasteiger partial charge in [-0.2, -0.15) is 13.2 Å². The highest BCUT2D eigenvalue weighted by atomic mass is 32.2. The molecule has 0 fully saturated rings. The zero-order chi connectivity index (χ0) is 15.3. The van der Waals surface area contributed by atoms with E-state index in [-0.39, 0.29) is 18.0 Å². The summed E-state index contributed by atoms with van der Waals surface area (Å²) in [6.07, 6.45) is -3.05. The molecule has 0 bridgehead atoms. The van der Waals surface area contributed by atoms with Crippen molar-refractivity contribution in [2.45, 2.75) is 50.7 Å². The molecule has 114 valence electrons. The SMILES string of the molecule is CCC(C)CSc1ccc(CC(C)N)c(C(F)(F)F)c1. The van der Waals surface area contributed by atoms with Crippen LogP contribution in [0.3, 0.4) is 0 Å². The molecule has 1 aromatic rings. The number of hydrogen-bond donors (Lipinski definition) is 1. The molecule has 0 heterocycles. The molecule has 20 heavy (non-hydrogen) atoms. The number of halogens is 3. The Morgan fingerprint density at radius 3 is 2.40 bits per heavy atom. The van der Waals surface area contributed by atoms with Crippen LogP contribution in [-0.4, -0.2) is 11.8 Å². The van der Waals surface area contributed by atoms with Crippen LogP contribution in [-0.2, 0) is 12.6 Å². The van der Waals surface area contributed by atoms with Gasteiger partial charge in [-0.25, -0.2) is 0 Å². The third kappa shape index (κ3) is 5.37. The molecule has 1 nitrogen and oxygen atoms in total. The fourth-order valence-electron chi connectivity index (χ4n) is 1.79. The number of benzene rings is 1. The van der Waals surface area contributed by atoms with E-state index in [4.69, 9.17) is 5.73 Å². The van der Waals surface area contributed by atoms with Gasteiger partial charge in [-0.3, -0.25) is 0 Å². The van der Waals surface area contributed by atoms with E-state index in [9.17, 15) is 13.2 Å². The van der Waals surface area contributed by atoms with E-state index in [1.807, 2.05) is 0 Å². The second kappa shape index (κ2) is 7.36. The predicted octanol–water partition coefficient (Wildman–Crippen LogP) is 4.73. The van der Waals surface area contributed by atoms with Crippen molar-refractivity contribution in [2.75, 3.05) is 5.75 Å². The Bertz CT molecular complexity index is 430. The van der Waals surface area contributed by atoms with Crippen molar-refractivity contribution in [1.29, 1.82) is 0 Å². The van der Waals surface area contributed by atoms with E-state index >= 15 is 0 Å². The van der Waals surface area contributed by atoms with Crippen LogP contribution in [0.4, 0.5) is 13.2 Å². The zero-order valence-corrected chi connectivity index (χ0v) is 12.9. The van der Waals surface area contributed by atoms with Gasteiger partial charge in [-0.05, 0) is 37.0 Å². The lowest BCUT2D eigenvalue weighted by Crippen LogP contribution is -2.20. The number of hydrogen-bond acceptors (Lipinski definition) is 2. The summed E-state index contributed by atoms with van der Waals surface area (Å²) in [5.74, 6) is 1.33. The molecule has 0 radical (unpaired) electrons. The largest absolute Gasteiger partial charge is 0.416 e. The number of rotatable bonds is 6. The molecule has 0 aliphatic carbocycles. The average molecular weight is 305 g/mol. The minimum Gasteiger partial charge on any atom is -0.328 e. The lowest BCUT2D eigenvalue weighted by atomic mass is 10.0. The molecule has 0 saturated heterocycles. The average Bonchev–Trinajstić information content (AvgIpc) is 2.35. The Morgan fingerprint density at radius 1 is 1.25 bits per heavy atom. The molecule has 5 heteroatoms. The van der Waals surface area contributed by atoms with Gasteiger partial charge in [0.2, 0.25) is 0 Å². The summed E-state index contributed by atoms with van der Waals surface area (Å²) in [7, 11) is 0. The van der Waals surface area contributed by atoms with Crippen LogP contribution in [0.15, 0.2) is 23.1 Å². The molecule has 2 atom stereocenters. The molecule has 2 unspecified atom stereocenters. The molecule has 0 aliphatic rings. The number of alkyl halides is 3. The summed E-state index contributed by atoms with van der Waals surface area (Å²) in [4.78, 5) is 0.672.